The van der Waals surface area contributed by atoms with Crippen molar-refractivity contribution < 1.29 is 14.3 Å². The van der Waals surface area contributed by atoms with Gasteiger partial charge in [-0.15, -0.1) is 0 Å². The number of carbonyl (C=O) groups excluding carboxylic acids is 2. The van der Waals surface area contributed by atoms with Gasteiger partial charge in [0, 0.05) is 11.4 Å². The van der Waals surface area contributed by atoms with Gasteiger partial charge in [-0.05, 0) is 57.0 Å². The van der Waals surface area contributed by atoms with E-state index in [1.54, 1.807) is 5.01 Å². The van der Waals surface area contributed by atoms with Crippen LogP contribution >= 0.6 is 11.6 Å². The van der Waals surface area contributed by atoms with Crippen LogP contribution in [0.3, 0.4) is 0 Å². The number of likely N-dealkylation sites (tertiary alicyclic amines) is 1. The van der Waals surface area contributed by atoms with E-state index in [2.05, 4.69) is 17.0 Å². The fraction of sp³-hybridized carbons (Fsp3) is 0.423. The molecule has 33 heavy (non-hydrogen) atoms. The van der Waals surface area contributed by atoms with Crippen LogP contribution in [-0.2, 0) is 14.3 Å². The molecule has 0 N–H and O–H groups in total. The Bertz CT molecular complexity index is 1030. The van der Waals surface area contributed by atoms with Crippen LogP contribution in [0.25, 0.3) is 0 Å². The van der Waals surface area contributed by atoms with E-state index in [4.69, 9.17) is 21.4 Å². The zero-order valence-electron chi connectivity index (χ0n) is 19.2. The molecule has 1 unspecified atom stereocenters. The number of nitrogens with zero attached hydrogens (tertiary/aromatic N) is 3. The molecule has 6 nitrogen and oxygen atoms in total. The average molecular weight is 468 g/mol. The molecular formula is C26H30ClN3O3. The SMILES string of the molecule is CCOC(=O)C1CCN(CC(=O)N2N=C(c3ccc(C)cc3)CC2c2ccccc2Cl)CC1. The van der Waals surface area contributed by atoms with Gasteiger partial charge >= 0.3 is 5.97 Å². The van der Waals surface area contributed by atoms with Crippen LogP contribution in [-0.4, -0.2) is 53.7 Å². The number of ether oxygens (including phenoxy) is 1. The Morgan fingerprint density at radius 1 is 1.09 bits per heavy atom. The van der Waals surface area contributed by atoms with Gasteiger partial charge in [-0.2, -0.15) is 5.10 Å². The van der Waals surface area contributed by atoms with Gasteiger partial charge in [0.1, 0.15) is 0 Å². The summed E-state index contributed by atoms with van der Waals surface area (Å²) in [6.07, 6.45) is 2.03. The average Bonchev–Trinajstić information content (AvgIpc) is 3.26. The number of piperidine rings is 1. The Labute approximate surface area is 200 Å². The number of aryl methyl sites for hydroxylation is 1. The van der Waals surface area contributed by atoms with Crippen molar-refractivity contribution in [1.82, 2.24) is 9.91 Å². The van der Waals surface area contributed by atoms with Crippen LogP contribution in [0.15, 0.2) is 53.6 Å². The van der Waals surface area contributed by atoms with Crippen molar-refractivity contribution in [1.29, 1.82) is 0 Å². The number of halogens is 1. The van der Waals surface area contributed by atoms with Crippen molar-refractivity contribution in [3.63, 3.8) is 0 Å². The second-order valence-corrected chi connectivity index (χ2v) is 9.10. The highest BCUT2D eigenvalue weighted by Crippen LogP contribution is 2.36. The summed E-state index contributed by atoms with van der Waals surface area (Å²) >= 11 is 6.51. The largest absolute Gasteiger partial charge is 0.466 e. The molecular weight excluding hydrogens is 438 g/mol. The van der Waals surface area contributed by atoms with Crippen molar-refractivity contribution in [2.75, 3.05) is 26.2 Å². The van der Waals surface area contributed by atoms with Crippen molar-refractivity contribution in [2.45, 2.75) is 39.2 Å². The molecule has 4 rings (SSSR count). The maximum atomic E-state index is 13.4. The zero-order chi connectivity index (χ0) is 23.4. The van der Waals surface area contributed by atoms with Crippen LogP contribution in [0, 0.1) is 12.8 Å². The first-order valence-electron chi connectivity index (χ1n) is 11.6. The van der Waals surface area contributed by atoms with Crippen LogP contribution in [0.4, 0.5) is 0 Å². The summed E-state index contributed by atoms with van der Waals surface area (Å²) in [5, 5.41) is 7.00. The zero-order valence-corrected chi connectivity index (χ0v) is 19.9. The third-order valence-corrected chi connectivity index (χ3v) is 6.73. The summed E-state index contributed by atoms with van der Waals surface area (Å²) in [7, 11) is 0. The van der Waals surface area contributed by atoms with E-state index < -0.39 is 0 Å². The molecule has 1 atom stereocenters. The smallest absolute Gasteiger partial charge is 0.309 e. The Morgan fingerprint density at radius 3 is 2.45 bits per heavy atom. The highest BCUT2D eigenvalue weighted by molar-refractivity contribution is 6.31. The van der Waals surface area contributed by atoms with Gasteiger partial charge in [0.15, 0.2) is 0 Å². The van der Waals surface area contributed by atoms with Crippen LogP contribution in [0.2, 0.25) is 5.02 Å². The number of hydrogen-bond donors (Lipinski definition) is 0. The normalized spacial score (nSPS) is 19.4. The Balaban J connectivity index is 1.49. The first kappa shape index (κ1) is 23.5. The van der Waals surface area contributed by atoms with Crippen molar-refractivity contribution in [2.24, 2.45) is 11.0 Å². The number of hydrogen-bond acceptors (Lipinski definition) is 5. The minimum absolute atomic E-state index is 0.0587. The molecule has 7 heteroatoms. The van der Waals surface area contributed by atoms with Gasteiger partial charge < -0.3 is 4.74 Å². The summed E-state index contributed by atoms with van der Waals surface area (Å²) in [5.74, 6) is -0.268. The van der Waals surface area contributed by atoms with E-state index in [1.807, 2.05) is 50.2 Å². The number of amides is 1. The summed E-state index contributed by atoms with van der Waals surface area (Å²) < 4.78 is 5.15. The predicted octanol–water partition coefficient (Wildman–Crippen LogP) is 4.60. The third-order valence-electron chi connectivity index (χ3n) is 6.38. The molecule has 1 fully saturated rings. The molecule has 174 valence electrons. The predicted molar refractivity (Wildman–Crippen MR) is 129 cm³/mol. The fourth-order valence-corrected chi connectivity index (χ4v) is 4.76. The third kappa shape index (κ3) is 5.45. The standard InChI is InChI=1S/C26H30ClN3O3/c1-3-33-26(32)20-12-14-29(15-13-20)17-25(31)30-24(21-6-4-5-7-22(21)27)16-23(28-30)19-10-8-18(2)9-11-19/h4-11,20,24H,3,12-17H2,1-2H3. The quantitative estimate of drug-likeness (QED) is 0.582. The van der Waals surface area contributed by atoms with Gasteiger partial charge in [-0.25, -0.2) is 5.01 Å². The molecule has 2 heterocycles. The number of rotatable bonds is 6. The summed E-state index contributed by atoms with van der Waals surface area (Å²) in [4.78, 5) is 27.5. The van der Waals surface area contributed by atoms with Gasteiger partial charge in [-0.3, -0.25) is 14.5 Å². The molecule has 0 aliphatic carbocycles. The van der Waals surface area contributed by atoms with Crippen LogP contribution in [0.1, 0.15) is 48.9 Å². The van der Waals surface area contributed by atoms with Gasteiger partial charge in [0.2, 0.25) is 0 Å². The van der Waals surface area contributed by atoms with E-state index in [0.717, 1.165) is 16.8 Å². The van der Waals surface area contributed by atoms with Gasteiger partial charge in [-0.1, -0.05) is 59.6 Å². The molecule has 0 radical (unpaired) electrons. The lowest BCUT2D eigenvalue weighted by atomic mass is 9.96. The molecule has 2 aromatic rings. The first-order chi connectivity index (χ1) is 16.0. The second-order valence-electron chi connectivity index (χ2n) is 8.69. The van der Waals surface area contributed by atoms with Gasteiger partial charge in [0.05, 0.1) is 30.8 Å². The molecule has 1 saturated heterocycles. The minimum atomic E-state index is -0.237. The lowest BCUT2D eigenvalue weighted by Crippen LogP contribution is -2.43. The number of carbonyl (C=O) groups is 2. The maximum absolute atomic E-state index is 13.4. The van der Waals surface area contributed by atoms with Crippen molar-refractivity contribution in [3.05, 3.63) is 70.2 Å². The van der Waals surface area contributed by atoms with Crippen LogP contribution < -0.4 is 0 Å². The maximum Gasteiger partial charge on any atom is 0.309 e. The van der Waals surface area contributed by atoms with Crippen molar-refractivity contribution >= 4 is 29.2 Å². The Morgan fingerprint density at radius 2 is 1.79 bits per heavy atom. The Kier molecular flexibility index (Phi) is 7.46. The molecule has 2 aromatic carbocycles. The molecule has 0 spiro atoms. The lowest BCUT2D eigenvalue weighted by molar-refractivity contribution is -0.149. The van der Waals surface area contributed by atoms with E-state index in [0.29, 0.717) is 44.0 Å². The van der Waals surface area contributed by atoms with E-state index >= 15 is 0 Å². The lowest BCUT2D eigenvalue weighted by Gasteiger charge is -2.32. The number of hydrazone groups is 1. The van der Waals surface area contributed by atoms with E-state index in [-0.39, 0.29) is 30.4 Å². The molecule has 2 aliphatic rings. The molecule has 0 bridgehead atoms. The number of benzene rings is 2. The Hall–Kier alpha value is -2.70. The monoisotopic (exact) mass is 467 g/mol. The van der Waals surface area contributed by atoms with E-state index in [1.165, 1.54) is 5.56 Å². The van der Waals surface area contributed by atoms with Crippen LogP contribution in [0.5, 0.6) is 0 Å². The summed E-state index contributed by atoms with van der Waals surface area (Å²) in [5.41, 5.74) is 3.98. The molecule has 0 aromatic heterocycles. The topological polar surface area (TPSA) is 62.2 Å². The highest BCUT2D eigenvalue weighted by Gasteiger charge is 2.35. The number of esters is 1. The molecule has 2 aliphatic heterocycles. The minimum Gasteiger partial charge on any atom is -0.466 e. The summed E-state index contributed by atoms with van der Waals surface area (Å²) in [6, 6.07) is 15.6. The molecule has 0 saturated carbocycles. The fourth-order valence-electron chi connectivity index (χ4n) is 4.50. The summed E-state index contributed by atoms with van der Waals surface area (Å²) in [6.45, 7) is 5.91. The first-order valence-corrected chi connectivity index (χ1v) is 11.9. The van der Waals surface area contributed by atoms with Crippen molar-refractivity contribution in [3.8, 4) is 0 Å². The van der Waals surface area contributed by atoms with E-state index in [9.17, 15) is 9.59 Å². The second kappa shape index (κ2) is 10.5. The molecule has 1 amide bonds. The highest BCUT2D eigenvalue weighted by atomic mass is 35.5. The van der Waals surface area contributed by atoms with Gasteiger partial charge in [0.25, 0.3) is 5.91 Å².